The fraction of sp³-hybridized carbons (Fsp3) is 0. The Morgan fingerprint density at radius 3 is 0.744 bits per heavy atom. The summed E-state index contributed by atoms with van der Waals surface area (Å²) >= 11 is 0. The Bertz CT molecular complexity index is 2130. The highest BCUT2D eigenvalue weighted by Gasteiger charge is 2.23. The molecule has 1 aromatic carbocycles. The van der Waals surface area contributed by atoms with Crippen LogP contribution in [0.4, 0.5) is 13.2 Å². The molecule has 0 unspecified atom stereocenters. The van der Waals surface area contributed by atoms with E-state index in [4.69, 9.17) is 15.8 Å². The van der Waals surface area contributed by atoms with E-state index < -0.39 is 34.9 Å². The van der Waals surface area contributed by atoms with Gasteiger partial charge in [0.1, 0.15) is 51.3 Å². The predicted molar refractivity (Wildman–Crippen MR) is 119 cm³/mol. The summed E-state index contributed by atoms with van der Waals surface area (Å²) in [7, 11) is 0. The summed E-state index contributed by atoms with van der Waals surface area (Å²) in [5, 5.41) is 27.4. The van der Waals surface area contributed by atoms with Crippen LogP contribution in [0.15, 0.2) is 0 Å². The predicted octanol–water partition coefficient (Wildman–Crippen LogP) is 1.38. The summed E-state index contributed by atoms with van der Waals surface area (Å²) in [6.45, 7) is 0. The van der Waals surface area contributed by atoms with Crippen molar-refractivity contribution >= 4 is 67.0 Å². The number of aromatic nitrogens is 12. The molecule has 18 heteroatoms. The maximum atomic E-state index is 14.2. The van der Waals surface area contributed by atoms with Gasteiger partial charge in [-0.1, -0.05) is 0 Å². The van der Waals surface area contributed by atoms with Crippen LogP contribution in [0.5, 0.6) is 0 Å². The van der Waals surface area contributed by atoms with Crippen LogP contribution in [-0.2, 0) is 0 Å². The van der Waals surface area contributed by atoms with Gasteiger partial charge in [-0.2, -0.15) is 43.9 Å². The van der Waals surface area contributed by atoms with E-state index in [1.165, 1.54) is 0 Å². The molecule has 7 aromatic rings. The maximum Gasteiger partial charge on any atom is 0.251 e. The van der Waals surface area contributed by atoms with Crippen LogP contribution < -0.4 is 0 Å². The van der Waals surface area contributed by atoms with Gasteiger partial charge in [0.05, 0.1) is 0 Å². The van der Waals surface area contributed by atoms with Crippen molar-refractivity contribution in [3.63, 3.8) is 0 Å². The molecule has 0 saturated carbocycles. The number of hydrogen-bond acceptors (Lipinski definition) is 15. The summed E-state index contributed by atoms with van der Waals surface area (Å²) < 4.78 is 42.7. The van der Waals surface area contributed by atoms with Crippen LogP contribution >= 0.6 is 0 Å². The van der Waals surface area contributed by atoms with Gasteiger partial charge in [-0.05, 0) is 0 Å². The average Bonchev–Trinajstić information content (AvgIpc) is 2.93. The van der Waals surface area contributed by atoms with Crippen LogP contribution in [0.3, 0.4) is 0 Å². The van der Waals surface area contributed by atoms with E-state index in [9.17, 15) is 13.2 Å². The first-order valence-electron chi connectivity index (χ1n) is 10.4. The fourth-order valence-corrected chi connectivity index (χ4v) is 3.80. The van der Waals surface area contributed by atoms with Crippen molar-refractivity contribution in [3.8, 4) is 18.2 Å². The Morgan fingerprint density at radius 2 is 0.538 bits per heavy atom. The number of fused-ring (bicyclic) bond motifs is 9. The number of nitrogens with zero attached hydrogens (tertiary/aromatic N) is 15. The largest absolute Gasteiger partial charge is 0.251 e. The molecule has 0 saturated heterocycles. The third-order valence-electron chi connectivity index (χ3n) is 5.42. The Hall–Kier alpha value is -6.48. The topological polar surface area (TPSA) is 226 Å². The lowest BCUT2D eigenvalue weighted by molar-refractivity contribution is 0.576. The van der Waals surface area contributed by atoms with Gasteiger partial charge in [-0.3, -0.25) is 0 Å². The molecule has 0 aliphatic carbocycles. The Kier molecular flexibility index (Phi) is 4.19. The molecule has 6 heterocycles. The SMILES string of the molecule is N#Cc1nc2nc3c4nc5nc(F)c(C#N)nc5nc4c4nc5nc(F)c(C#N)nc5nc4c3nc2nc1F. The first-order chi connectivity index (χ1) is 18.9. The van der Waals surface area contributed by atoms with Crippen molar-refractivity contribution < 1.29 is 13.2 Å². The quantitative estimate of drug-likeness (QED) is 0.204. The summed E-state index contributed by atoms with van der Waals surface area (Å²) in [4.78, 5) is 48.2. The molecule has 0 N–H and O–H groups in total. The first-order valence-corrected chi connectivity index (χ1v) is 10.4. The lowest BCUT2D eigenvalue weighted by Crippen LogP contribution is -2.06. The highest BCUT2D eigenvalue weighted by molar-refractivity contribution is 6.20. The molecule has 15 nitrogen and oxygen atoms in total. The molecular formula is C21F3N15. The number of benzene rings is 1. The average molecular weight is 519 g/mol. The molecule has 0 amide bonds. The van der Waals surface area contributed by atoms with Crippen molar-refractivity contribution in [1.82, 2.24) is 59.8 Å². The summed E-state index contributed by atoms with van der Waals surface area (Å²) in [6.07, 6.45) is 0. The molecule has 0 aliphatic rings. The van der Waals surface area contributed by atoms with Gasteiger partial charge in [0.15, 0.2) is 34.0 Å². The van der Waals surface area contributed by atoms with Crippen LogP contribution in [0.1, 0.15) is 17.1 Å². The van der Waals surface area contributed by atoms with Crippen molar-refractivity contribution in [1.29, 1.82) is 15.8 Å². The van der Waals surface area contributed by atoms with E-state index in [0.717, 1.165) is 0 Å². The lowest BCUT2D eigenvalue weighted by atomic mass is 10.2. The van der Waals surface area contributed by atoms with E-state index in [2.05, 4.69) is 59.8 Å². The van der Waals surface area contributed by atoms with Crippen LogP contribution in [0.2, 0.25) is 0 Å². The molecule has 180 valence electrons. The number of rotatable bonds is 0. The van der Waals surface area contributed by atoms with Gasteiger partial charge in [-0.15, -0.1) is 0 Å². The van der Waals surface area contributed by atoms with Crippen LogP contribution in [-0.4, -0.2) is 59.8 Å². The van der Waals surface area contributed by atoms with Crippen molar-refractivity contribution in [2.45, 2.75) is 0 Å². The second kappa shape index (κ2) is 7.51. The molecule has 0 fully saturated rings. The third kappa shape index (κ3) is 3.01. The second-order valence-corrected chi connectivity index (χ2v) is 7.63. The molecule has 6 aromatic heterocycles. The maximum absolute atomic E-state index is 14.2. The highest BCUT2D eigenvalue weighted by Crippen LogP contribution is 2.32. The van der Waals surface area contributed by atoms with E-state index >= 15 is 0 Å². The van der Waals surface area contributed by atoms with Gasteiger partial charge < -0.3 is 0 Å². The van der Waals surface area contributed by atoms with Crippen LogP contribution in [0.25, 0.3) is 67.0 Å². The highest BCUT2D eigenvalue weighted by atomic mass is 19.1. The summed E-state index contributed by atoms with van der Waals surface area (Å²) in [5.41, 5.74) is -3.90. The van der Waals surface area contributed by atoms with Crippen molar-refractivity contribution in [2.75, 3.05) is 0 Å². The van der Waals surface area contributed by atoms with Crippen molar-refractivity contribution in [3.05, 3.63) is 34.9 Å². The van der Waals surface area contributed by atoms with E-state index in [1.807, 2.05) is 0 Å². The normalized spacial score (nSPS) is 11.4. The number of halogens is 3. The monoisotopic (exact) mass is 519 g/mol. The molecule has 7 rings (SSSR count). The molecule has 0 radical (unpaired) electrons. The van der Waals surface area contributed by atoms with Gasteiger partial charge in [0.2, 0.25) is 16.9 Å². The minimum Gasteiger partial charge on any atom is -0.221 e. The molecule has 0 bridgehead atoms. The van der Waals surface area contributed by atoms with Gasteiger partial charge >= 0.3 is 0 Å². The second-order valence-electron chi connectivity index (χ2n) is 7.63. The minimum absolute atomic E-state index is 0.0556. The molecule has 0 atom stereocenters. The molecule has 0 aliphatic heterocycles. The molecule has 39 heavy (non-hydrogen) atoms. The smallest absolute Gasteiger partial charge is 0.221 e. The molecule has 0 spiro atoms. The van der Waals surface area contributed by atoms with E-state index in [0.29, 0.717) is 0 Å². The Morgan fingerprint density at radius 1 is 0.333 bits per heavy atom. The van der Waals surface area contributed by atoms with Gasteiger partial charge in [-0.25, -0.2) is 44.9 Å². The zero-order valence-electron chi connectivity index (χ0n) is 18.3. The van der Waals surface area contributed by atoms with Gasteiger partial charge in [0.25, 0.3) is 17.8 Å². The zero-order chi connectivity index (χ0) is 27.0. The van der Waals surface area contributed by atoms with Crippen molar-refractivity contribution in [2.24, 2.45) is 0 Å². The standard InChI is InChI=1S/C21F3N15/c22-13-4(1-25)28-16-19(37-13)34-10-7(31-16)11-9(33-17-20(35-11)38-14(23)5(2-26)29-17)12-8(10)32-18-21(36-12)39-15(24)6(3-27)30-18. The zero-order valence-corrected chi connectivity index (χ0v) is 18.3. The lowest BCUT2D eigenvalue weighted by Gasteiger charge is -2.09. The van der Waals surface area contributed by atoms with Crippen LogP contribution in [0, 0.1) is 51.8 Å². The summed E-state index contributed by atoms with van der Waals surface area (Å²) in [6, 6.07) is 4.66. The van der Waals surface area contributed by atoms with E-state index in [1.54, 1.807) is 18.2 Å². The minimum atomic E-state index is -1.19. The van der Waals surface area contributed by atoms with Gasteiger partial charge in [0, 0.05) is 0 Å². The Balaban J connectivity index is 1.75. The third-order valence-corrected chi connectivity index (χ3v) is 5.42. The van der Waals surface area contributed by atoms with E-state index in [-0.39, 0.29) is 67.0 Å². The number of nitriles is 3. The summed E-state index contributed by atoms with van der Waals surface area (Å²) in [5.74, 6) is -3.57. The first kappa shape index (κ1) is 21.8. The molecular weight excluding hydrogens is 519 g/mol. The number of hydrogen-bond donors (Lipinski definition) is 0. The fourth-order valence-electron chi connectivity index (χ4n) is 3.80. The Labute approximate surface area is 209 Å².